The molecule has 106 valence electrons. The van der Waals surface area contributed by atoms with Crippen LogP contribution in [0.4, 0.5) is 23.5 Å². The lowest BCUT2D eigenvalue weighted by Gasteiger charge is -2.10. The van der Waals surface area contributed by atoms with Crippen LogP contribution in [0.5, 0.6) is 0 Å². The summed E-state index contributed by atoms with van der Waals surface area (Å²) in [5.74, 6) is -0.818. The molecule has 0 aliphatic heterocycles. The van der Waals surface area contributed by atoms with Crippen LogP contribution in [0.15, 0.2) is 24.5 Å². The van der Waals surface area contributed by atoms with Gasteiger partial charge in [-0.05, 0) is 19.1 Å². The zero-order valence-corrected chi connectivity index (χ0v) is 10.4. The lowest BCUT2D eigenvalue weighted by Crippen LogP contribution is -2.12. The van der Waals surface area contributed by atoms with E-state index in [1.807, 2.05) is 0 Å². The van der Waals surface area contributed by atoms with E-state index >= 15 is 0 Å². The van der Waals surface area contributed by atoms with Crippen LogP contribution in [0.2, 0.25) is 0 Å². The molecule has 0 fully saturated rings. The fourth-order valence-electron chi connectivity index (χ4n) is 1.53. The second kappa shape index (κ2) is 5.40. The fraction of sp³-hybridized carbons (Fsp3) is 0.250. The highest BCUT2D eigenvalue weighted by Crippen LogP contribution is 2.31. The van der Waals surface area contributed by atoms with Gasteiger partial charge in [0.1, 0.15) is 5.82 Å². The van der Waals surface area contributed by atoms with Crippen molar-refractivity contribution in [3.63, 3.8) is 0 Å². The minimum Gasteiger partial charge on any atom is -0.354 e. The SMILES string of the molecule is CCNc1nc(-c2cncc(F)c2)cc(C(F)(F)F)n1. The van der Waals surface area contributed by atoms with Gasteiger partial charge in [-0.25, -0.2) is 14.4 Å². The van der Waals surface area contributed by atoms with Crippen molar-refractivity contribution in [2.75, 3.05) is 11.9 Å². The molecule has 0 unspecified atom stereocenters. The van der Waals surface area contributed by atoms with E-state index in [0.717, 1.165) is 18.3 Å². The molecule has 8 heteroatoms. The molecule has 2 rings (SSSR count). The molecule has 0 saturated heterocycles. The van der Waals surface area contributed by atoms with Gasteiger partial charge in [-0.15, -0.1) is 0 Å². The number of pyridine rings is 1. The number of hydrogen-bond acceptors (Lipinski definition) is 4. The molecule has 2 aromatic heterocycles. The van der Waals surface area contributed by atoms with Crippen LogP contribution >= 0.6 is 0 Å². The van der Waals surface area contributed by atoms with E-state index in [1.165, 1.54) is 6.20 Å². The summed E-state index contributed by atoms with van der Waals surface area (Å²) in [4.78, 5) is 10.9. The van der Waals surface area contributed by atoms with Crippen molar-refractivity contribution in [3.8, 4) is 11.3 Å². The van der Waals surface area contributed by atoms with Crippen LogP contribution in [-0.4, -0.2) is 21.5 Å². The summed E-state index contributed by atoms with van der Waals surface area (Å²) in [6.07, 6.45) is -2.41. The Labute approximate surface area is 111 Å². The number of nitrogens with zero attached hydrogens (tertiary/aromatic N) is 3. The lowest BCUT2D eigenvalue weighted by molar-refractivity contribution is -0.141. The number of alkyl halides is 3. The Hall–Kier alpha value is -2.25. The monoisotopic (exact) mass is 286 g/mol. The summed E-state index contributed by atoms with van der Waals surface area (Å²) in [6.45, 7) is 2.06. The molecule has 0 bridgehead atoms. The third-order valence-corrected chi connectivity index (χ3v) is 2.35. The van der Waals surface area contributed by atoms with Crippen LogP contribution in [0.3, 0.4) is 0 Å². The molecule has 0 aliphatic rings. The van der Waals surface area contributed by atoms with Crippen molar-refractivity contribution in [2.45, 2.75) is 13.1 Å². The van der Waals surface area contributed by atoms with Crippen molar-refractivity contribution in [3.05, 3.63) is 36.0 Å². The Morgan fingerprint density at radius 1 is 1.15 bits per heavy atom. The third kappa shape index (κ3) is 3.19. The number of halogens is 4. The average molecular weight is 286 g/mol. The smallest absolute Gasteiger partial charge is 0.354 e. The predicted octanol–water partition coefficient (Wildman–Crippen LogP) is 3.13. The molecule has 0 aliphatic carbocycles. The van der Waals surface area contributed by atoms with Gasteiger partial charge in [-0.3, -0.25) is 4.98 Å². The second-order valence-corrected chi connectivity index (χ2v) is 3.88. The quantitative estimate of drug-likeness (QED) is 0.881. The first-order valence-corrected chi connectivity index (χ1v) is 5.71. The lowest BCUT2D eigenvalue weighted by atomic mass is 10.2. The Morgan fingerprint density at radius 3 is 2.50 bits per heavy atom. The standard InChI is InChI=1S/C12H10F4N4/c1-2-18-11-19-9(4-10(20-11)12(14,15)16)7-3-8(13)6-17-5-7/h3-6H,2H2,1H3,(H,18,19,20). The molecule has 1 N–H and O–H groups in total. The maximum absolute atomic E-state index is 13.1. The van der Waals surface area contributed by atoms with Crippen molar-refractivity contribution in [1.82, 2.24) is 15.0 Å². The molecule has 0 aromatic carbocycles. The molecular weight excluding hydrogens is 276 g/mol. The normalized spacial score (nSPS) is 11.4. The first-order valence-electron chi connectivity index (χ1n) is 5.71. The zero-order valence-electron chi connectivity index (χ0n) is 10.4. The molecule has 0 atom stereocenters. The molecule has 4 nitrogen and oxygen atoms in total. The number of nitrogens with one attached hydrogen (secondary N) is 1. The highest BCUT2D eigenvalue weighted by molar-refractivity contribution is 5.60. The summed E-state index contributed by atoms with van der Waals surface area (Å²) in [5, 5.41) is 2.61. The molecule has 0 spiro atoms. The zero-order chi connectivity index (χ0) is 14.8. The largest absolute Gasteiger partial charge is 0.433 e. The van der Waals surface area contributed by atoms with Crippen molar-refractivity contribution >= 4 is 5.95 Å². The van der Waals surface area contributed by atoms with E-state index in [4.69, 9.17) is 0 Å². The summed E-state index contributed by atoms with van der Waals surface area (Å²) >= 11 is 0. The van der Waals surface area contributed by atoms with E-state index in [9.17, 15) is 17.6 Å². The topological polar surface area (TPSA) is 50.7 Å². The van der Waals surface area contributed by atoms with Crippen molar-refractivity contribution < 1.29 is 17.6 Å². The predicted molar refractivity (Wildman–Crippen MR) is 64.4 cm³/mol. The summed E-state index contributed by atoms with van der Waals surface area (Å²) in [6, 6.07) is 1.82. The fourth-order valence-corrected chi connectivity index (χ4v) is 1.53. The summed E-state index contributed by atoms with van der Waals surface area (Å²) < 4.78 is 51.4. The summed E-state index contributed by atoms with van der Waals surface area (Å²) in [7, 11) is 0. The molecule has 20 heavy (non-hydrogen) atoms. The van der Waals surface area contributed by atoms with Gasteiger partial charge in [-0.1, -0.05) is 0 Å². The number of aromatic nitrogens is 3. The Balaban J connectivity index is 2.54. The maximum Gasteiger partial charge on any atom is 0.433 e. The molecule has 0 saturated carbocycles. The highest BCUT2D eigenvalue weighted by atomic mass is 19.4. The van der Waals surface area contributed by atoms with Gasteiger partial charge in [0.25, 0.3) is 0 Å². The Bertz CT molecular complexity index is 613. The van der Waals surface area contributed by atoms with Crippen molar-refractivity contribution in [1.29, 1.82) is 0 Å². The van der Waals surface area contributed by atoms with E-state index < -0.39 is 17.7 Å². The van der Waals surface area contributed by atoms with Gasteiger partial charge in [-0.2, -0.15) is 13.2 Å². The highest BCUT2D eigenvalue weighted by Gasteiger charge is 2.33. The molecular formula is C12H10F4N4. The van der Waals surface area contributed by atoms with Gasteiger partial charge in [0.05, 0.1) is 11.9 Å². The third-order valence-electron chi connectivity index (χ3n) is 2.35. The Morgan fingerprint density at radius 2 is 1.90 bits per heavy atom. The second-order valence-electron chi connectivity index (χ2n) is 3.88. The number of anilines is 1. The Kier molecular flexibility index (Phi) is 3.82. The van der Waals surface area contributed by atoms with Crippen LogP contribution in [0.1, 0.15) is 12.6 Å². The van der Waals surface area contributed by atoms with Gasteiger partial charge in [0.15, 0.2) is 5.69 Å². The first-order chi connectivity index (χ1) is 9.40. The van der Waals surface area contributed by atoms with Crippen LogP contribution in [0, 0.1) is 5.82 Å². The number of hydrogen-bond donors (Lipinski definition) is 1. The van der Waals surface area contributed by atoms with E-state index in [-0.39, 0.29) is 17.2 Å². The molecule has 0 radical (unpaired) electrons. The van der Waals surface area contributed by atoms with Gasteiger partial charge < -0.3 is 5.32 Å². The minimum absolute atomic E-state index is 0.0460. The van der Waals surface area contributed by atoms with E-state index in [2.05, 4.69) is 20.3 Å². The molecule has 2 heterocycles. The molecule has 0 amide bonds. The van der Waals surface area contributed by atoms with E-state index in [1.54, 1.807) is 6.92 Å². The van der Waals surface area contributed by atoms with E-state index in [0.29, 0.717) is 6.54 Å². The summed E-state index contributed by atoms with van der Waals surface area (Å²) in [5.41, 5.74) is -0.991. The number of rotatable bonds is 3. The maximum atomic E-state index is 13.1. The first kappa shape index (κ1) is 14.2. The van der Waals surface area contributed by atoms with Crippen LogP contribution < -0.4 is 5.32 Å². The van der Waals surface area contributed by atoms with Crippen molar-refractivity contribution in [2.24, 2.45) is 0 Å². The van der Waals surface area contributed by atoms with Gasteiger partial charge in [0.2, 0.25) is 5.95 Å². The van der Waals surface area contributed by atoms with Gasteiger partial charge in [0, 0.05) is 18.3 Å². The van der Waals surface area contributed by atoms with Gasteiger partial charge >= 0.3 is 6.18 Å². The molecule has 2 aromatic rings. The van der Waals surface area contributed by atoms with Crippen LogP contribution in [-0.2, 0) is 6.18 Å². The average Bonchev–Trinajstić information content (AvgIpc) is 2.38. The van der Waals surface area contributed by atoms with Crippen LogP contribution in [0.25, 0.3) is 11.3 Å². The minimum atomic E-state index is -4.61.